The van der Waals surface area contributed by atoms with Crippen LogP contribution in [-0.2, 0) is 12.0 Å². The predicted octanol–water partition coefficient (Wildman–Crippen LogP) is 0.543. The molecule has 10 heteroatoms. The molecular formula is C18H24N6O4. The summed E-state index contributed by atoms with van der Waals surface area (Å²) in [5.74, 6) is 0.651. The van der Waals surface area contributed by atoms with Crippen molar-refractivity contribution in [1.82, 2.24) is 29.6 Å². The second kappa shape index (κ2) is 8.03. The molecule has 10 nitrogen and oxygen atoms in total. The van der Waals surface area contributed by atoms with Gasteiger partial charge in [0.05, 0.1) is 37.5 Å². The van der Waals surface area contributed by atoms with E-state index in [2.05, 4.69) is 20.4 Å². The van der Waals surface area contributed by atoms with E-state index in [1.807, 2.05) is 6.92 Å². The first kappa shape index (κ1) is 19.9. The van der Waals surface area contributed by atoms with E-state index in [0.29, 0.717) is 29.4 Å². The fourth-order valence-electron chi connectivity index (χ4n) is 3.07. The zero-order valence-corrected chi connectivity index (χ0v) is 16.2. The number of fused-ring (bicyclic) bond motifs is 1. The number of ketones is 1. The van der Waals surface area contributed by atoms with Crippen molar-refractivity contribution in [2.75, 3.05) is 19.8 Å². The van der Waals surface area contributed by atoms with Gasteiger partial charge in [-0.2, -0.15) is 4.80 Å². The van der Waals surface area contributed by atoms with Crippen LogP contribution < -0.4 is 4.74 Å². The zero-order chi connectivity index (χ0) is 20.3. The van der Waals surface area contributed by atoms with Crippen LogP contribution in [0.2, 0.25) is 0 Å². The van der Waals surface area contributed by atoms with Gasteiger partial charge in [-0.25, -0.2) is 4.98 Å². The lowest BCUT2D eigenvalue weighted by atomic mass is 9.84. The van der Waals surface area contributed by atoms with Crippen LogP contribution in [0.5, 0.6) is 5.75 Å². The molecule has 150 valence electrons. The number of tetrazole rings is 1. The minimum Gasteiger partial charge on any atom is -0.490 e. The Morgan fingerprint density at radius 1 is 1.36 bits per heavy atom. The van der Waals surface area contributed by atoms with Crippen LogP contribution in [0.15, 0.2) is 18.3 Å². The van der Waals surface area contributed by atoms with Crippen LogP contribution in [0.25, 0.3) is 5.65 Å². The van der Waals surface area contributed by atoms with Gasteiger partial charge in [-0.05, 0) is 38.1 Å². The molecule has 0 radical (unpaired) electrons. The number of hydrogen-bond donors (Lipinski definition) is 2. The predicted molar refractivity (Wildman–Crippen MR) is 99.4 cm³/mol. The van der Waals surface area contributed by atoms with Gasteiger partial charge in [-0.15, -0.1) is 10.2 Å². The van der Waals surface area contributed by atoms with E-state index >= 15 is 0 Å². The number of aliphatic hydroxyl groups is 2. The summed E-state index contributed by atoms with van der Waals surface area (Å²) in [5.41, 5.74) is 0.565. The van der Waals surface area contributed by atoms with Gasteiger partial charge in [0, 0.05) is 12.6 Å². The van der Waals surface area contributed by atoms with Crippen LogP contribution in [-0.4, -0.2) is 65.4 Å². The first-order valence-corrected chi connectivity index (χ1v) is 9.07. The Morgan fingerprint density at radius 3 is 2.82 bits per heavy atom. The van der Waals surface area contributed by atoms with Gasteiger partial charge in [0.25, 0.3) is 0 Å². The number of carbonyl (C=O) groups excluding carboxylic acids is 1. The number of aromatic nitrogens is 6. The van der Waals surface area contributed by atoms with Crippen molar-refractivity contribution in [2.24, 2.45) is 0 Å². The molecule has 0 spiro atoms. The molecule has 0 aliphatic heterocycles. The van der Waals surface area contributed by atoms with Crippen LogP contribution in [0, 0.1) is 6.92 Å². The average molecular weight is 388 g/mol. The fraction of sp³-hybridized carbons (Fsp3) is 0.500. The Morgan fingerprint density at radius 2 is 2.14 bits per heavy atom. The lowest BCUT2D eigenvalue weighted by molar-refractivity contribution is 0.0905. The standard InChI is InChI=1S/C18H24N6O4/c1-4-28-14-6-5-7-23-15(12(2)19-16(14)23)13(27)10-18(3,11-26)17-20-22-24(21-17)8-9-25/h5-7,25-26H,4,8-11H2,1-3H3. The smallest absolute Gasteiger partial charge is 0.183 e. The van der Waals surface area contributed by atoms with E-state index in [-0.39, 0.29) is 37.8 Å². The second-order valence-electron chi connectivity index (χ2n) is 6.80. The molecule has 0 bridgehead atoms. The maximum absolute atomic E-state index is 13.2. The monoisotopic (exact) mass is 388 g/mol. The summed E-state index contributed by atoms with van der Waals surface area (Å²) in [7, 11) is 0. The number of hydrogen-bond acceptors (Lipinski definition) is 8. The normalized spacial score (nSPS) is 13.6. The van der Waals surface area contributed by atoms with Crippen molar-refractivity contribution in [3.63, 3.8) is 0 Å². The van der Waals surface area contributed by atoms with Gasteiger partial charge in [0.15, 0.2) is 23.0 Å². The third kappa shape index (κ3) is 3.60. The van der Waals surface area contributed by atoms with Gasteiger partial charge in [0.2, 0.25) is 0 Å². The molecule has 3 heterocycles. The van der Waals surface area contributed by atoms with E-state index in [0.717, 1.165) is 0 Å². The number of nitrogens with zero attached hydrogens (tertiary/aromatic N) is 6. The second-order valence-corrected chi connectivity index (χ2v) is 6.80. The first-order chi connectivity index (χ1) is 13.4. The van der Waals surface area contributed by atoms with Gasteiger partial charge < -0.3 is 14.9 Å². The zero-order valence-electron chi connectivity index (χ0n) is 16.2. The number of aliphatic hydroxyl groups excluding tert-OH is 2. The number of rotatable bonds is 9. The van der Waals surface area contributed by atoms with Crippen molar-refractivity contribution in [3.8, 4) is 5.75 Å². The molecule has 0 aliphatic carbocycles. The van der Waals surface area contributed by atoms with Gasteiger partial charge >= 0.3 is 0 Å². The maximum atomic E-state index is 13.2. The van der Waals surface area contributed by atoms with E-state index in [1.165, 1.54) is 4.80 Å². The summed E-state index contributed by atoms with van der Waals surface area (Å²) in [6.07, 6.45) is 1.74. The Balaban J connectivity index is 1.94. The SMILES string of the molecule is CCOc1cccn2c(C(=O)CC(C)(CO)c3nnn(CCO)n3)c(C)nc12. The number of pyridine rings is 1. The molecule has 3 rings (SSSR count). The minimum absolute atomic E-state index is 0.0260. The van der Waals surface area contributed by atoms with Crippen LogP contribution >= 0.6 is 0 Å². The van der Waals surface area contributed by atoms with Crippen LogP contribution in [0.4, 0.5) is 0 Å². The Labute approximate surface area is 161 Å². The molecule has 1 atom stereocenters. The Hall–Kier alpha value is -2.85. The first-order valence-electron chi connectivity index (χ1n) is 9.07. The summed E-state index contributed by atoms with van der Waals surface area (Å²) in [5, 5.41) is 30.9. The fourth-order valence-corrected chi connectivity index (χ4v) is 3.07. The van der Waals surface area contributed by atoms with E-state index in [9.17, 15) is 9.90 Å². The molecular weight excluding hydrogens is 364 g/mol. The quantitative estimate of drug-likeness (QED) is 0.509. The summed E-state index contributed by atoms with van der Waals surface area (Å²) in [6.45, 7) is 5.57. The molecule has 2 N–H and O–H groups in total. The third-order valence-corrected chi connectivity index (χ3v) is 4.54. The van der Waals surface area contributed by atoms with Crippen LogP contribution in [0.1, 0.15) is 42.3 Å². The van der Waals surface area contributed by atoms with Gasteiger partial charge in [0.1, 0.15) is 5.69 Å². The molecule has 1 unspecified atom stereocenters. The topological polar surface area (TPSA) is 128 Å². The van der Waals surface area contributed by atoms with Gasteiger partial charge in [-0.3, -0.25) is 9.20 Å². The summed E-state index contributed by atoms with van der Waals surface area (Å²) >= 11 is 0. The third-order valence-electron chi connectivity index (χ3n) is 4.54. The highest BCUT2D eigenvalue weighted by molar-refractivity contribution is 5.97. The molecule has 0 amide bonds. The maximum Gasteiger partial charge on any atom is 0.183 e. The van der Waals surface area contributed by atoms with E-state index in [1.54, 1.807) is 36.6 Å². The molecule has 28 heavy (non-hydrogen) atoms. The van der Waals surface area contributed by atoms with Crippen molar-refractivity contribution >= 4 is 11.4 Å². The highest BCUT2D eigenvalue weighted by Crippen LogP contribution is 2.28. The number of aryl methyl sites for hydroxylation is 1. The lowest BCUT2D eigenvalue weighted by Crippen LogP contribution is -2.32. The summed E-state index contributed by atoms with van der Waals surface area (Å²) < 4.78 is 7.30. The molecule has 0 fully saturated rings. The molecule has 0 aliphatic rings. The molecule has 3 aromatic rings. The average Bonchev–Trinajstić information content (AvgIpc) is 3.27. The number of imidazole rings is 1. The highest BCUT2D eigenvalue weighted by atomic mass is 16.5. The highest BCUT2D eigenvalue weighted by Gasteiger charge is 2.35. The summed E-state index contributed by atoms with van der Waals surface area (Å²) in [4.78, 5) is 18.9. The van der Waals surface area contributed by atoms with E-state index in [4.69, 9.17) is 9.84 Å². The largest absolute Gasteiger partial charge is 0.490 e. The molecule has 0 aromatic carbocycles. The lowest BCUT2D eigenvalue weighted by Gasteiger charge is -2.22. The van der Waals surface area contributed by atoms with Crippen molar-refractivity contribution in [1.29, 1.82) is 0 Å². The Bertz CT molecular complexity index is 982. The number of ether oxygens (including phenoxy) is 1. The van der Waals surface area contributed by atoms with Crippen molar-refractivity contribution in [3.05, 3.63) is 35.5 Å². The van der Waals surface area contributed by atoms with E-state index < -0.39 is 5.41 Å². The number of Topliss-reactive ketones (excluding diaryl/α,β-unsaturated/α-hetero) is 1. The minimum atomic E-state index is -1.01. The van der Waals surface area contributed by atoms with Crippen molar-refractivity contribution in [2.45, 2.75) is 39.2 Å². The summed E-state index contributed by atoms with van der Waals surface area (Å²) in [6, 6.07) is 3.60. The number of carbonyl (C=O) groups is 1. The van der Waals surface area contributed by atoms with Crippen LogP contribution in [0.3, 0.4) is 0 Å². The molecule has 0 saturated carbocycles. The Kier molecular flexibility index (Phi) is 5.71. The van der Waals surface area contributed by atoms with Crippen molar-refractivity contribution < 1.29 is 19.7 Å². The molecule has 3 aromatic heterocycles. The van der Waals surface area contributed by atoms with Gasteiger partial charge in [-0.1, -0.05) is 0 Å². The molecule has 0 saturated heterocycles.